The smallest absolute Gasteiger partial charge is 0.161 e. The van der Waals surface area contributed by atoms with Crippen LogP contribution in [0, 0.1) is 17.3 Å². The Labute approximate surface area is 119 Å². The van der Waals surface area contributed by atoms with Crippen molar-refractivity contribution in [1.29, 1.82) is 0 Å². The largest absolute Gasteiger partial charge is 0.295 e. The van der Waals surface area contributed by atoms with Gasteiger partial charge in [0.2, 0.25) is 0 Å². The van der Waals surface area contributed by atoms with E-state index in [2.05, 4.69) is 13.0 Å². The Bertz CT molecular complexity index is 605. The molecule has 0 aliphatic heterocycles. The molecule has 0 aromatic rings. The summed E-state index contributed by atoms with van der Waals surface area (Å²) in [6, 6.07) is 0. The van der Waals surface area contributed by atoms with Crippen molar-refractivity contribution in [2.24, 2.45) is 17.3 Å². The van der Waals surface area contributed by atoms with E-state index in [-0.39, 0.29) is 5.41 Å². The first kappa shape index (κ1) is 12.3. The van der Waals surface area contributed by atoms with Crippen molar-refractivity contribution >= 4 is 11.6 Å². The number of hydrogen-bond acceptors (Lipinski definition) is 2. The van der Waals surface area contributed by atoms with Crippen LogP contribution in [0.3, 0.4) is 0 Å². The van der Waals surface area contributed by atoms with Gasteiger partial charge in [0.05, 0.1) is 0 Å². The summed E-state index contributed by atoms with van der Waals surface area (Å²) in [7, 11) is 0. The Kier molecular flexibility index (Phi) is 2.48. The Morgan fingerprint density at radius 3 is 2.85 bits per heavy atom. The molecule has 0 spiro atoms. The van der Waals surface area contributed by atoms with E-state index in [4.69, 9.17) is 0 Å². The molecule has 104 valence electrons. The lowest BCUT2D eigenvalue weighted by Crippen LogP contribution is -2.40. The molecule has 2 heteroatoms. The van der Waals surface area contributed by atoms with Crippen LogP contribution in [0.5, 0.6) is 0 Å². The van der Waals surface area contributed by atoms with E-state index in [0.717, 1.165) is 32.1 Å². The zero-order valence-electron chi connectivity index (χ0n) is 11.9. The first-order chi connectivity index (χ1) is 9.59. The highest BCUT2D eigenvalue weighted by molar-refractivity contribution is 5.98. The molecule has 4 aliphatic rings. The van der Waals surface area contributed by atoms with E-state index < -0.39 is 0 Å². The van der Waals surface area contributed by atoms with Gasteiger partial charge < -0.3 is 0 Å². The summed E-state index contributed by atoms with van der Waals surface area (Å²) in [5.41, 5.74) is 4.18. The second-order valence-electron chi connectivity index (χ2n) is 6.95. The van der Waals surface area contributed by atoms with Gasteiger partial charge in [-0.3, -0.25) is 9.59 Å². The quantitative estimate of drug-likeness (QED) is 0.673. The van der Waals surface area contributed by atoms with Gasteiger partial charge >= 0.3 is 0 Å². The van der Waals surface area contributed by atoms with E-state index >= 15 is 0 Å². The highest BCUT2D eigenvalue weighted by Crippen LogP contribution is 2.56. The highest BCUT2D eigenvalue weighted by atomic mass is 16.1. The van der Waals surface area contributed by atoms with Gasteiger partial charge in [0, 0.05) is 11.8 Å². The molecule has 4 aliphatic carbocycles. The van der Waals surface area contributed by atoms with Gasteiger partial charge in [-0.2, -0.15) is 0 Å². The Hall–Kier alpha value is -1.44. The molecule has 20 heavy (non-hydrogen) atoms. The minimum Gasteiger partial charge on any atom is -0.295 e. The van der Waals surface area contributed by atoms with E-state index in [9.17, 15) is 9.59 Å². The zero-order valence-corrected chi connectivity index (χ0v) is 11.9. The van der Waals surface area contributed by atoms with Crippen molar-refractivity contribution in [3.63, 3.8) is 0 Å². The van der Waals surface area contributed by atoms with E-state index in [1.807, 2.05) is 12.2 Å². The molecule has 0 amide bonds. The van der Waals surface area contributed by atoms with E-state index in [0.29, 0.717) is 29.8 Å². The summed E-state index contributed by atoms with van der Waals surface area (Å²) in [6.07, 6.45) is 11.6. The number of allylic oxidation sites excluding steroid dienone is 6. The first-order valence-electron chi connectivity index (χ1n) is 7.78. The molecule has 0 heterocycles. The summed E-state index contributed by atoms with van der Waals surface area (Å²) < 4.78 is 0. The minimum absolute atomic E-state index is 0.152. The zero-order chi connectivity index (χ0) is 13.9. The average Bonchev–Trinajstić information content (AvgIpc) is 2.74. The predicted octanol–water partition coefficient (Wildman–Crippen LogP) is 3.54. The van der Waals surface area contributed by atoms with Gasteiger partial charge in [-0.05, 0) is 67.2 Å². The monoisotopic (exact) mass is 268 g/mol. The molecule has 2 nitrogen and oxygen atoms in total. The minimum atomic E-state index is -0.152. The van der Waals surface area contributed by atoms with Gasteiger partial charge in [-0.1, -0.05) is 18.6 Å². The molecular weight excluding hydrogens is 248 g/mol. The maximum absolute atomic E-state index is 12.2. The SMILES string of the molecule is C[C@]12CCC3=C4CCC(=O)C=C4CC[C@H]3[C@@H]1C=CC2=O. The molecule has 0 bridgehead atoms. The summed E-state index contributed by atoms with van der Waals surface area (Å²) >= 11 is 0. The molecule has 0 radical (unpaired) electrons. The number of fused-ring (bicyclic) bond motifs is 4. The lowest BCUT2D eigenvalue weighted by atomic mass is 9.57. The highest BCUT2D eigenvalue weighted by Gasteiger charge is 2.51. The van der Waals surface area contributed by atoms with Crippen LogP contribution in [0.4, 0.5) is 0 Å². The van der Waals surface area contributed by atoms with Crippen molar-refractivity contribution in [2.75, 3.05) is 0 Å². The molecule has 3 atom stereocenters. The number of ketones is 2. The van der Waals surface area contributed by atoms with Gasteiger partial charge in [0.25, 0.3) is 0 Å². The number of hydrogen-bond donors (Lipinski definition) is 0. The van der Waals surface area contributed by atoms with Gasteiger partial charge in [0.15, 0.2) is 11.6 Å². The Morgan fingerprint density at radius 2 is 2.00 bits per heavy atom. The van der Waals surface area contributed by atoms with E-state index in [1.54, 1.807) is 5.57 Å². The van der Waals surface area contributed by atoms with Crippen molar-refractivity contribution in [1.82, 2.24) is 0 Å². The molecule has 0 N–H and O–H groups in total. The molecule has 4 rings (SSSR count). The molecular formula is C18H20O2. The third-order valence-electron chi connectivity index (χ3n) is 6.00. The van der Waals surface area contributed by atoms with Gasteiger partial charge in [0.1, 0.15) is 0 Å². The summed E-state index contributed by atoms with van der Waals surface area (Å²) in [4.78, 5) is 23.8. The Morgan fingerprint density at radius 1 is 1.15 bits per heavy atom. The fourth-order valence-electron chi connectivity index (χ4n) is 4.81. The van der Waals surface area contributed by atoms with Crippen molar-refractivity contribution in [3.8, 4) is 0 Å². The van der Waals surface area contributed by atoms with Crippen molar-refractivity contribution in [2.45, 2.75) is 45.4 Å². The second kappa shape index (κ2) is 4.03. The van der Waals surface area contributed by atoms with Gasteiger partial charge in [-0.15, -0.1) is 0 Å². The van der Waals surface area contributed by atoms with Crippen LogP contribution in [0.15, 0.2) is 34.9 Å². The fourth-order valence-corrected chi connectivity index (χ4v) is 4.81. The normalized spacial score (nSPS) is 39.4. The molecule has 0 aromatic carbocycles. The van der Waals surface area contributed by atoms with Crippen LogP contribution >= 0.6 is 0 Å². The second-order valence-corrected chi connectivity index (χ2v) is 6.95. The third-order valence-corrected chi connectivity index (χ3v) is 6.00. The summed E-state index contributed by atoms with van der Waals surface area (Å²) in [5.74, 6) is 1.55. The lowest BCUT2D eigenvalue weighted by Gasteiger charge is -2.46. The van der Waals surface area contributed by atoms with Crippen LogP contribution in [-0.4, -0.2) is 11.6 Å². The lowest BCUT2D eigenvalue weighted by molar-refractivity contribution is -0.125. The average molecular weight is 268 g/mol. The number of carbonyl (C=O) groups is 2. The van der Waals surface area contributed by atoms with Crippen LogP contribution in [0.25, 0.3) is 0 Å². The number of carbonyl (C=O) groups excluding carboxylic acids is 2. The number of rotatable bonds is 0. The summed E-state index contributed by atoms with van der Waals surface area (Å²) in [5, 5.41) is 0. The predicted molar refractivity (Wildman–Crippen MR) is 77.1 cm³/mol. The molecule has 0 unspecified atom stereocenters. The van der Waals surface area contributed by atoms with Crippen LogP contribution in [0.1, 0.15) is 45.4 Å². The third kappa shape index (κ3) is 1.51. The van der Waals surface area contributed by atoms with Gasteiger partial charge in [-0.25, -0.2) is 0 Å². The van der Waals surface area contributed by atoms with Crippen LogP contribution < -0.4 is 0 Å². The van der Waals surface area contributed by atoms with Crippen molar-refractivity contribution in [3.05, 3.63) is 34.9 Å². The van der Waals surface area contributed by atoms with Crippen molar-refractivity contribution < 1.29 is 9.59 Å². The fraction of sp³-hybridized carbons (Fsp3) is 0.556. The van der Waals surface area contributed by atoms with E-state index in [1.165, 1.54) is 11.1 Å². The molecule has 0 saturated heterocycles. The maximum Gasteiger partial charge on any atom is 0.161 e. The summed E-state index contributed by atoms with van der Waals surface area (Å²) in [6.45, 7) is 2.15. The maximum atomic E-state index is 12.2. The Balaban J connectivity index is 1.78. The molecule has 0 aromatic heterocycles. The molecule has 1 saturated carbocycles. The topological polar surface area (TPSA) is 34.1 Å². The van der Waals surface area contributed by atoms with Crippen LogP contribution in [-0.2, 0) is 9.59 Å². The van der Waals surface area contributed by atoms with Crippen LogP contribution in [0.2, 0.25) is 0 Å². The standard InChI is InChI=1S/C18H20O2/c1-18-9-8-14-13-5-3-12(19)10-11(13)2-4-15(14)16(18)6-7-17(18)20/h6-7,10,15-16H,2-5,8-9H2,1H3/t15-,16+,18+/m1/s1. The first-order valence-corrected chi connectivity index (χ1v) is 7.78. The molecule has 1 fully saturated rings.